The molecule has 1 heterocycles. The quantitative estimate of drug-likeness (QED) is 0.378. The molecule has 56 valence electrons. The summed E-state index contributed by atoms with van der Waals surface area (Å²) in [6, 6.07) is 0. The van der Waals surface area contributed by atoms with Gasteiger partial charge < -0.3 is 10.6 Å². The number of nitrogens with two attached hydrogens (primary N) is 1. The average molecular weight is 141 g/mol. The first kappa shape index (κ1) is 7.05. The lowest BCUT2D eigenvalue weighted by Gasteiger charge is -2.37. The molecule has 0 saturated carbocycles. The first-order chi connectivity index (χ1) is 4.61. The van der Waals surface area contributed by atoms with Gasteiger partial charge in [0.2, 0.25) is 5.91 Å². The molecule has 3 N–H and O–H groups in total. The number of hydrogen-bond donors (Lipinski definition) is 2. The zero-order chi connectivity index (χ0) is 7.72. The highest BCUT2D eigenvalue weighted by Crippen LogP contribution is 2.14. The Labute approximate surface area is 59.5 Å². The van der Waals surface area contributed by atoms with Crippen LogP contribution in [0.5, 0.6) is 0 Å². The van der Waals surface area contributed by atoms with Gasteiger partial charge in [-0.25, -0.2) is 0 Å². The van der Waals surface area contributed by atoms with E-state index in [0.717, 1.165) is 0 Å². The number of carbonyl (C=O) groups is 1. The number of rotatable bonds is 1. The SMILES string of the molecule is CC(=O)N1CC(C(=N)N)C1. The van der Waals surface area contributed by atoms with Crippen LogP contribution >= 0.6 is 0 Å². The monoisotopic (exact) mass is 141 g/mol. The number of carbonyl (C=O) groups excluding carboxylic acids is 1. The fourth-order valence-corrected chi connectivity index (χ4v) is 0.932. The van der Waals surface area contributed by atoms with Crippen LogP contribution in [-0.2, 0) is 4.79 Å². The van der Waals surface area contributed by atoms with Crippen LogP contribution in [0.25, 0.3) is 0 Å². The Bertz CT molecular complexity index is 154. The number of amides is 1. The maximum Gasteiger partial charge on any atom is 0.219 e. The predicted molar refractivity (Wildman–Crippen MR) is 37.7 cm³/mol. The molecule has 1 amide bonds. The van der Waals surface area contributed by atoms with Gasteiger partial charge in [-0.15, -0.1) is 0 Å². The highest BCUT2D eigenvalue weighted by Gasteiger charge is 2.30. The number of nitrogens with zero attached hydrogens (tertiary/aromatic N) is 1. The summed E-state index contributed by atoms with van der Waals surface area (Å²) in [6.45, 7) is 2.78. The van der Waals surface area contributed by atoms with Gasteiger partial charge in [-0.2, -0.15) is 0 Å². The minimum absolute atomic E-state index is 0.0671. The highest BCUT2D eigenvalue weighted by molar-refractivity contribution is 5.84. The van der Waals surface area contributed by atoms with E-state index >= 15 is 0 Å². The van der Waals surface area contributed by atoms with Crippen LogP contribution in [0.1, 0.15) is 6.92 Å². The van der Waals surface area contributed by atoms with Crippen molar-refractivity contribution in [2.45, 2.75) is 6.92 Å². The van der Waals surface area contributed by atoms with Crippen LogP contribution in [0.15, 0.2) is 0 Å². The summed E-state index contributed by atoms with van der Waals surface area (Å²) in [5.74, 6) is 0.374. The normalized spacial score (nSPS) is 18.3. The number of nitrogens with one attached hydrogen (secondary N) is 1. The Balaban J connectivity index is 2.31. The maximum atomic E-state index is 10.6. The van der Waals surface area contributed by atoms with Crippen molar-refractivity contribution in [3.8, 4) is 0 Å². The van der Waals surface area contributed by atoms with Gasteiger partial charge in [0.25, 0.3) is 0 Å². The topological polar surface area (TPSA) is 70.2 Å². The van der Waals surface area contributed by atoms with Crippen LogP contribution in [0.3, 0.4) is 0 Å². The van der Waals surface area contributed by atoms with E-state index in [0.29, 0.717) is 13.1 Å². The van der Waals surface area contributed by atoms with E-state index < -0.39 is 0 Å². The molecule has 0 unspecified atom stereocenters. The van der Waals surface area contributed by atoms with E-state index in [-0.39, 0.29) is 17.7 Å². The van der Waals surface area contributed by atoms with E-state index in [9.17, 15) is 4.79 Å². The molecule has 0 aromatic heterocycles. The van der Waals surface area contributed by atoms with Gasteiger partial charge in [0, 0.05) is 20.0 Å². The highest BCUT2D eigenvalue weighted by atomic mass is 16.2. The van der Waals surface area contributed by atoms with Crippen molar-refractivity contribution in [2.24, 2.45) is 11.7 Å². The van der Waals surface area contributed by atoms with Gasteiger partial charge in [-0.3, -0.25) is 10.2 Å². The molecule has 1 rings (SSSR count). The smallest absolute Gasteiger partial charge is 0.219 e. The predicted octanol–water partition coefficient (Wildman–Crippen LogP) is -0.599. The first-order valence-corrected chi connectivity index (χ1v) is 3.20. The minimum Gasteiger partial charge on any atom is -0.387 e. The largest absolute Gasteiger partial charge is 0.387 e. The molecule has 1 aliphatic heterocycles. The Kier molecular flexibility index (Phi) is 1.61. The van der Waals surface area contributed by atoms with E-state index in [2.05, 4.69) is 0 Å². The molecular formula is C6H11N3O. The third-order valence-electron chi connectivity index (χ3n) is 1.77. The van der Waals surface area contributed by atoms with Crippen molar-refractivity contribution < 1.29 is 4.79 Å². The van der Waals surface area contributed by atoms with E-state index in [1.165, 1.54) is 6.92 Å². The molecule has 0 bridgehead atoms. The molecule has 0 aromatic carbocycles. The van der Waals surface area contributed by atoms with Crippen molar-refractivity contribution in [2.75, 3.05) is 13.1 Å². The van der Waals surface area contributed by atoms with Crippen molar-refractivity contribution in [3.63, 3.8) is 0 Å². The zero-order valence-electron chi connectivity index (χ0n) is 5.92. The second-order valence-corrected chi connectivity index (χ2v) is 2.58. The second kappa shape index (κ2) is 2.28. The fourth-order valence-electron chi connectivity index (χ4n) is 0.932. The summed E-state index contributed by atoms with van der Waals surface area (Å²) in [5.41, 5.74) is 5.21. The van der Waals surface area contributed by atoms with Crippen molar-refractivity contribution in [1.29, 1.82) is 5.41 Å². The Morgan fingerprint density at radius 2 is 2.20 bits per heavy atom. The molecule has 0 aromatic rings. The van der Waals surface area contributed by atoms with Crippen LogP contribution < -0.4 is 5.73 Å². The number of amidine groups is 1. The Hall–Kier alpha value is -1.06. The number of likely N-dealkylation sites (tertiary alicyclic amines) is 1. The van der Waals surface area contributed by atoms with Gasteiger partial charge >= 0.3 is 0 Å². The van der Waals surface area contributed by atoms with E-state index in [1.807, 2.05) is 0 Å². The molecule has 0 spiro atoms. The minimum atomic E-state index is 0.0671. The molecule has 1 saturated heterocycles. The summed E-state index contributed by atoms with van der Waals surface area (Å²) in [5, 5.41) is 7.02. The third kappa shape index (κ3) is 1.10. The van der Waals surface area contributed by atoms with Crippen molar-refractivity contribution in [3.05, 3.63) is 0 Å². The maximum absolute atomic E-state index is 10.6. The zero-order valence-corrected chi connectivity index (χ0v) is 5.92. The molecule has 10 heavy (non-hydrogen) atoms. The standard InChI is InChI=1S/C6H11N3O/c1-4(10)9-2-5(3-9)6(7)8/h5H,2-3H2,1H3,(H3,7,8). The van der Waals surface area contributed by atoms with Crippen LogP contribution in [0, 0.1) is 11.3 Å². The summed E-state index contributed by atoms with van der Waals surface area (Å²) in [6.07, 6.45) is 0. The van der Waals surface area contributed by atoms with Gasteiger partial charge in [-0.1, -0.05) is 0 Å². The Morgan fingerprint density at radius 3 is 2.50 bits per heavy atom. The fraction of sp³-hybridized carbons (Fsp3) is 0.667. The molecule has 4 heteroatoms. The molecule has 0 aliphatic carbocycles. The van der Waals surface area contributed by atoms with Gasteiger partial charge in [0.05, 0.1) is 11.8 Å². The molecule has 1 aliphatic rings. The lowest BCUT2D eigenvalue weighted by molar-refractivity contribution is -0.133. The lowest BCUT2D eigenvalue weighted by atomic mass is 9.99. The van der Waals surface area contributed by atoms with Gasteiger partial charge in [0.1, 0.15) is 0 Å². The summed E-state index contributed by atoms with van der Waals surface area (Å²) >= 11 is 0. The first-order valence-electron chi connectivity index (χ1n) is 3.20. The number of hydrogen-bond acceptors (Lipinski definition) is 2. The third-order valence-corrected chi connectivity index (χ3v) is 1.77. The van der Waals surface area contributed by atoms with Crippen LogP contribution in [-0.4, -0.2) is 29.7 Å². The van der Waals surface area contributed by atoms with E-state index in [4.69, 9.17) is 11.1 Å². The summed E-state index contributed by atoms with van der Waals surface area (Å²) < 4.78 is 0. The van der Waals surface area contributed by atoms with Crippen LogP contribution in [0.4, 0.5) is 0 Å². The molecular weight excluding hydrogens is 130 g/mol. The molecule has 0 radical (unpaired) electrons. The van der Waals surface area contributed by atoms with Gasteiger partial charge in [0.15, 0.2) is 0 Å². The van der Waals surface area contributed by atoms with Crippen molar-refractivity contribution in [1.82, 2.24) is 4.90 Å². The molecule has 4 nitrogen and oxygen atoms in total. The van der Waals surface area contributed by atoms with Crippen molar-refractivity contribution >= 4 is 11.7 Å². The molecule has 1 fully saturated rings. The van der Waals surface area contributed by atoms with Gasteiger partial charge in [-0.05, 0) is 0 Å². The van der Waals surface area contributed by atoms with Crippen LogP contribution in [0.2, 0.25) is 0 Å². The Morgan fingerprint density at radius 1 is 1.70 bits per heavy atom. The lowest BCUT2D eigenvalue weighted by Crippen LogP contribution is -2.53. The second-order valence-electron chi connectivity index (χ2n) is 2.58. The molecule has 0 atom stereocenters. The average Bonchev–Trinajstić information content (AvgIpc) is 1.56. The van der Waals surface area contributed by atoms with E-state index in [1.54, 1.807) is 4.90 Å². The summed E-state index contributed by atoms with van der Waals surface area (Å²) in [7, 11) is 0. The summed E-state index contributed by atoms with van der Waals surface area (Å²) in [4.78, 5) is 12.3.